The summed E-state index contributed by atoms with van der Waals surface area (Å²) in [6, 6.07) is 7.51. The topological polar surface area (TPSA) is 52.7 Å². The molecular weight excluding hydrogens is 286 g/mol. The van der Waals surface area contributed by atoms with Gasteiger partial charge < -0.3 is 10.2 Å². The van der Waals surface area contributed by atoms with Crippen LogP contribution < -0.4 is 5.32 Å². The molecule has 0 bridgehead atoms. The lowest BCUT2D eigenvalue weighted by Crippen LogP contribution is -2.34. The number of nitrogens with one attached hydrogen (secondary N) is 1. The predicted octanol–water partition coefficient (Wildman–Crippen LogP) is 1.12. The molecule has 0 amide bonds. The normalized spacial score (nSPS) is 20.3. The van der Waals surface area contributed by atoms with E-state index in [1.54, 1.807) is 16.4 Å². The molecule has 1 fully saturated rings. The second-order valence-electron chi connectivity index (χ2n) is 5.69. The molecule has 1 heterocycles. The number of rotatable bonds is 6. The van der Waals surface area contributed by atoms with Crippen molar-refractivity contribution in [3.05, 3.63) is 29.8 Å². The van der Waals surface area contributed by atoms with Crippen LogP contribution in [0.15, 0.2) is 29.2 Å². The zero-order chi connectivity index (χ0) is 15.5. The number of hydrogen-bond acceptors (Lipinski definition) is 4. The van der Waals surface area contributed by atoms with Crippen LogP contribution in [-0.2, 0) is 16.6 Å². The van der Waals surface area contributed by atoms with Gasteiger partial charge >= 0.3 is 0 Å². The SMILES string of the molecule is CCNCc1ccc(S(=O)(=O)N2CCC(N(C)C)C2)cc1. The summed E-state index contributed by atoms with van der Waals surface area (Å²) in [5.74, 6) is 0. The molecule has 1 N–H and O–H groups in total. The molecular formula is C15H25N3O2S. The lowest BCUT2D eigenvalue weighted by Gasteiger charge is -2.20. The molecule has 0 aliphatic carbocycles. The number of hydrogen-bond donors (Lipinski definition) is 1. The third kappa shape index (κ3) is 3.83. The van der Waals surface area contributed by atoms with E-state index in [1.165, 1.54) is 0 Å². The molecule has 0 aromatic heterocycles. The molecule has 1 atom stereocenters. The van der Waals surface area contributed by atoms with Gasteiger partial charge in [-0.1, -0.05) is 19.1 Å². The van der Waals surface area contributed by atoms with Gasteiger partial charge in [0.1, 0.15) is 0 Å². The summed E-state index contributed by atoms with van der Waals surface area (Å²) in [7, 11) is 0.637. The van der Waals surface area contributed by atoms with Gasteiger partial charge in [-0.15, -0.1) is 0 Å². The van der Waals surface area contributed by atoms with E-state index in [1.807, 2.05) is 33.2 Å². The number of benzene rings is 1. The summed E-state index contributed by atoms with van der Waals surface area (Å²) >= 11 is 0. The van der Waals surface area contributed by atoms with Crippen LogP contribution in [-0.4, -0.2) is 57.4 Å². The Morgan fingerprint density at radius 2 is 1.95 bits per heavy atom. The van der Waals surface area contributed by atoms with Crippen molar-refractivity contribution in [3.63, 3.8) is 0 Å². The highest BCUT2D eigenvalue weighted by Gasteiger charge is 2.33. The molecule has 1 aliphatic heterocycles. The maximum atomic E-state index is 12.6. The average Bonchev–Trinajstić information content (AvgIpc) is 2.96. The van der Waals surface area contributed by atoms with Crippen molar-refractivity contribution in [2.45, 2.75) is 30.8 Å². The van der Waals surface area contributed by atoms with E-state index >= 15 is 0 Å². The summed E-state index contributed by atoms with van der Waals surface area (Å²) < 4.78 is 26.8. The minimum atomic E-state index is -3.36. The predicted molar refractivity (Wildman–Crippen MR) is 84.7 cm³/mol. The highest BCUT2D eigenvalue weighted by Crippen LogP contribution is 2.23. The summed E-state index contributed by atoms with van der Waals surface area (Å²) in [5, 5.41) is 3.23. The van der Waals surface area contributed by atoms with Gasteiger partial charge in [0, 0.05) is 25.7 Å². The van der Waals surface area contributed by atoms with E-state index in [4.69, 9.17) is 0 Å². The Bertz CT molecular complexity index is 555. The third-order valence-corrected chi connectivity index (χ3v) is 5.88. The van der Waals surface area contributed by atoms with Crippen LogP contribution in [0.1, 0.15) is 18.9 Å². The minimum absolute atomic E-state index is 0.313. The number of nitrogens with zero attached hydrogens (tertiary/aromatic N) is 2. The number of likely N-dealkylation sites (N-methyl/N-ethyl adjacent to an activating group) is 1. The van der Waals surface area contributed by atoms with Gasteiger partial charge in [-0.25, -0.2) is 8.42 Å². The Hall–Kier alpha value is -0.950. The van der Waals surface area contributed by atoms with E-state index in [2.05, 4.69) is 10.2 Å². The van der Waals surface area contributed by atoms with Gasteiger partial charge in [0.25, 0.3) is 0 Å². The van der Waals surface area contributed by atoms with Crippen LogP contribution in [0.5, 0.6) is 0 Å². The molecule has 0 spiro atoms. The molecule has 2 rings (SSSR count). The molecule has 1 saturated heterocycles. The molecule has 1 unspecified atom stereocenters. The molecule has 1 aliphatic rings. The van der Waals surface area contributed by atoms with Gasteiger partial charge in [-0.3, -0.25) is 0 Å². The summed E-state index contributed by atoms with van der Waals surface area (Å²) in [4.78, 5) is 2.48. The summed E-state index contributed by atoms with van der Waals surface area (Å²) in [5.41, 5.74) is 1.10. The fourth-order valence-electron chi connectivity index (χ4n) is 2.55. The monoisotopic (exact) mass is 311 g/mol. The maximum absolute atomic E-state index is 12.6. The van der Waals surface area contributed by atoms with Crippen LogP contribution in [0.25, 0.3) is 0 Å². The van der Waals surface area contributed by atoms with E-state index in [0.717, 1.165) is 25.1 Å². The van der Waals surface area contributed by atoms with E-state index < -0.39 is 10.0 Å². The van der Waals surface area contributed by atoms with Crippen molar-refractivity contribution in [1.82, 2.24) is 14.5 Å². The third-order valence-electron chi connectivity index (χ3n) is 4.00. The fourth-order valence-corrected chi connectivity index (χ4v) is 4.04. The zero-order valence-electron chi connectivity index (χ0n) is 13.0. The van der Waals surface area contributed by atoms with Gasteiger partial charge in [0.05, 0.1) is 4.90 Å². The Morgan fingerprint density at radius 3 is 2.48 bits per heavy atom. The molecule has 1 aromatic carbocycles. The second-order valence-corrected chi connectivity index (χ2v) is 7.63. The van der Waals surface area contributed by atoms with Crippen LogP contribution in [0.3, 0.4) is 0 Å². The summed E-state index contributed by atoms with van der Waals surface area (Å²) in [6.45, 7) is 4.90. The fraction of sp³-hybridized carbons (Fsp3) is 0.600. The largest absolute Gasteiger partial charge is 0.313 e. The van der Waals surface area contributed by atoms with Gasteiger partial charge in [0.2, 0.25) is 10.0 Å². The molecule has 5 nitrogen and oxygen atoms in total. The van der Waals surface area contributed by atoms with Crippen molar-refractivity contribution in [2.24, 2.45) is 0 Å². The second kappa shape index (κ2) is 6.87. The van der Waals surface area contributed by atoms with Crippen LogP contribution in [0, 0.1) is 0 Å². The molecule has 118 valence electrons. The Kier molecular flexibility index (Phi) is 5.37. The first kappa shape index (κ1) is 16.4. The van der Waals surface area contributed by atoms with Gasteiger partial charge in [-0.05, 0) is 44.8 Å². The van der Waals surface area contributed by atoms with E-state index in [-0.39, 0.29) is 0 Å². The lowest BCUT2D eigenvalue weighted by molar-refractivity contribution is 0.302. The molecule has 6 heteroatoms. The van der Waals surface area contributed by atoms with E-state index in [9.17, 15) is 8.42 Å². The lowest BCUT2D eigenvalue weighted by atomic mass is 10.2. The van der Waals surface area contributed by atoms with Crippen molar-refractivity contribution < 1.29 is 8.42 Å². The van der Waals surface area contributed by atoms with Gasteiger partial charge in [-0.2, -0.15) is 4.31 Å². The highest BCUT2D eigenvalue weighted by atomic mass is 32.2. The summed E-state index contributed by atoms with van der Waals surface area (Å²) in [6.07, 6.45) is 0.894. The molecule has 1 aromatic rings. The van der Waals surface area contributed by atoms with Crippen molar-refractivity contribution >= 4 is 10.0 Å². The van der Waals surface area contributed by atoms with Crippen molar-refractivity contribution in [3.8, 4) is 0 Å². The highest BCUT2D eigenvalue weighted by molar-refractivity contribution is 7.89. The first-order valence-electron chi connectivity index (χ1n) is 7.41. The molecule has 0 radical (unpaired) electrons. The van der Waals surface area contributed by atoms with Crippen molar-refractivity contribution in [2.75, 3.05) is 33.7 Å². The van der Waals surface area contributed by atoms with Crippen LogP contribution >= 0.6 is 0 Å². The average molecular weight is 311 g/mol. The Morgan fingerprint density at radius 1 is 1.29 bits per heavy atom. The van der Waals surface area contributed by atoms with Crippen molar-refractivity contribution in [1.29, 1.82) is 0 Å². The smallest absolute Gasteiger partial charge is 0.243 e. The zero-order valence-corrected chi connectivity index (χ0v) is 13.9. The van der Waals surface area contributed by atoms with Gasteiger partial charge in [0.15, 0.2) is 0 Å². The number of sulfonamides is 1. The maximum Gasteiger partial charge on any atom is 0.243 e. The van der Waals surface area contributed by atoms with E-state index in [0.29, 0.717) is 24.0 Å². The first-order chi connectivity index (χ1) is 9.95. The molecule has 21 heavy (non-hydrogen) atoms. The standard InChI is InChI=1S/C15H25N3O2S/c1-4-16-11-13-5-7-15(8-6-13)21(19,20)18-10-9-14(12-18)17(2)3/h5-8,14,16H,4,9-12H2,1-3H3. The molecule has 0 saturated carbocycles. The minimum Gasteiger partial charge on any atom is -0.313 e. The Labute approximate surface area is 128 Å². The Balaban J connectivity index is 2.09. The quantitative estimate of drug-likeness (QED) is 0.855. The van der Waals surface area contributed by atoms with Crippen LogP contribution in [0.2, 0.25) is 0 Å². The first-order valence-corrected chi connectivity index (χ1v) is 8.85. The van der Waals surface area contributed by atoms with Crippen LogP contribution in [0.4, 0.5) is 0 Å².